The van der Waals surface area contributed by atoms with E-state index in [9.17, 15) is 0 Å². The summed E-state index contributed by atoms with van der Waals surface area (Å²) in [5.41, 5.74) is 0.474. The Kier molecular flexibility index (Phi) is 5.03. The van der Waals surface area contributed by atoms with Crippen molar-refractivity contribution in [1.29, 1.82) is 0 Å². The minimum atomic E-state index is 0.474. The summed E-state index contributed by atoms with van der Waals surface area (Å²) in [5, 5.41) is 9.30. The normalized spacial score (nSPS) is 25.1. The third kappa shape index (κ3) is 3.53. The summed E-state index contributed by atoms with van der Waals surface area (Å²) in [4.78, 5) is 1.40. The molecule has 96 valence electrons. The smallest absolute Gasteiger partial charge is 0.0327 e. The van der Waals surface area contributed by atoms with E-state index in [-0.39, 0.29) is 0 Å². The molecule has 1 aromatic heterocycles. The predicted octanol–water partition coefficient (Wildman–Crippen LogP) is 3.38. The zero-order chi connectivity index (χ0) is 12.1. The molecular weight excluding hydrogens is 296 g/mol. The summed E-state index contributed by atoms with van der Waals surface area (Å²) in [6, 6.07) is 2.12. The SMILES string of the molecule is CCC1(CNCc2sccc2Br)CCCNC1. The number of rotatable bonds is 5. The Bertz CT molecular complexity index is 345. The van der Waals surface area contributed by atoms with Gasteiger partial charge in [-0.25, -0.2) is 0 Å². The Morgan fingerprint density at radius 2 is 2.47 bits per heavy atom. The van der Waals surface area contributed by atoms with Crippen molar-refractivity contribution in [2.24, 2.45) is 5.41 Å². The Hall–Kier alpha value is 0.1000. The van der Waals surface area contributed by atoms with E-state index in [1.165, 1.54) is 41.7 Å². The van der Waals surface area contributed by atoms with Gasteiger partial charge in [0.25, 0.3) is 0 Å². The minimum absolute atomic E-state index is 0.474. The molecular formula is C13H21BrN2S. The highest BCUT2D eigenvalue weighted by Gasteiger charge is 2.29. The van der Waals surface area contributed by atoms with E-state index in [0.29, 0.717) is 5.41 Å². The van der Waals surface area contributed by atoms with Crippen molar-refractivity contribution in [2.75, 3.05) is 19.6 Å². The van der Waals surface area contributed by atoms with Crippen LogP contribution in [0, 0.1) is 5.41 Å². The number of thiophene rings is 1. The highest BCUT2D eigenvalue weighted by molar-refractivity contribution is 9.10. The first-order valence-corrected chi connectivity index (χ1v) is 8.06. The van der Waals surface area contributed by atoms with Crippen LogP contribution >= 0.6 is 27.3 Å². The highest BCUT2D eigenvalue weighted by Crippen LogP contribution is 2.29. The molecule has 17 heavy (non-hydrogen) atoms. The number of nitrogens with one attached hydrogen (secondary N) is 2. The maximum absolute atomic E-state index is 3.63. The predicted molar refractivity (Wildman–Crippen MR) is 78.6 cm³/mol. The van der Waals surface area contributed by atoms with Crippen LogP contribution in [0.2, 0.25) is 0 Å². The van der Waals surface area contributed by atoms with E-state index in [2.05, 4.69) is 44.9 Å². The van der Waals surface area contributed by atoms with E-state index in [0.717, 1.165) is 13.1 Å². The minimum Gasteiger partial charge on any atom is -0.316 e. The second kappa shape index (κ2) is 6.32. The molecule has 0 aromatic carbocycles. The van der Waals surface area contributed by atoms with Crippen molar-refractivity contribution in [1.82, 2.24) is 10.6 Å². The van der Waals surface area contributed by atoms with Crippen LogP contribution in [0.1, 0.15) is 31.1 Å². The molecule has 1 aliphatic heterocycles. The van der Waals surface area contributed by atoms with Gasteiger partial charge in [0.2, 0.25) is 0 Å². The number of hydrogen-bond donors (Lipinski definition) is 2. The van der Waals surface area contributed by atoms with Gasteiger partial charge >= 0.3 is 0 Å². The van der Waals surface area contributed by atoms with Crippen LogP contribution < -0.4 is 10.6 Å². The number of hydrogen-bond acceptors (Lipinski definition) is 3. The fourth-order valence-corrected chi connectivity index (χ4v) is 3.96. The lowest BCUT2D eigenvalue weighted by Crippen LogP contribution is -2.45. The van der Waals surface area contributed by atoms with E-state index in [1.807, 2.05) is 11.3 Å². The van der Waals surface area contributed by atoms with Crippen molar-refractivity contribution < 1.29 is 0 Å². The van der Waals surface area contributed by atoms with E-state index >= 15 is 0 Å². The van der Waals surface area contributed by atoms with Crippen LogP contribution in [0.4, 0.5) is 0 Å². The molecule has 0 aliphatic carbocycles. The average molecular weight is 317 g/mol. The van der Waals surface area contributed by atoms with Gasteiger partial charge in [0.05, 0.1) is 0 Å². The summed E-state index contributed by atoms with van der Waals surface area (Å²) in [6.45, 7) is 6.79. The summed E-state index contributed by atoms with van der Waals surface area (Å²) < 4.78 is 1.24. The van der Waals surface area contributed by atoms with Gasteiger partial charge in [-0.1, -0.05) is 6.92 Å². The lowest BCUT2D eigenvalue weighted by Gasteiger charge is -2.37. The topological polar surface area (TPSA) is 24.1 Å². The molecule has 1 atom stereocenters. The second-order valence-corrected chi connectivity index (χ2v) is 6.78. The number of piperidine rings is 1. The third-order valence-electron chi connectivity index (χ3n) is 3.79. The molecule has 0 saturated carbocycles. The van der Waals surface area contributed by atoms with Gasteiger partial charge in [-0.05, 0) is 58.6 Å². The van der Waals surface area contributed by atoms with Crippen molar-refractivity contribution in [3.8, 4) is 0 Å². The largest absolute Gasteiger partial charge is 0.316 e. The fourth-order valence-electron chi connectivity index (χ4n) is 2.50. The molecule has 1 unspecified atom stereocenters. The molecule has 0 amide bonds. The van der Waals surface area contributed by atoms with Gasteiger partial charge < -0.3 is 10.6 Å². The first kappa shape index (κ1) is 13.5. The lowest BCUT2D eigenvalue weighted by atomic mass is 9.78. The van der Waals surface area contributed by atoms with Crippen molar-refractivity contribution >= 4 is 27.3 Å². The molecule has 2 nitrogen and oxygen atoms in total. The van der Waals surface area contributed by atoms with Crippen LogP contribution in [-0.2, 0) is 6.54 Å². The van der Waals surface area contributed by atoms with Crippen molar-refractivity contribution in [2.45, 2.75) is 32.7 Å². The van der Waals surface area contributed by atoms with Crippen molar-refractivity contribution in [3.05, 3.63) is 20.8 Å². The first-order chi connectivity index (χ1) is 8.26. The zero-order valence-electron chi connectivity index (χ0n) is 10.4. The van der Waals surface area contributed by atoms with E-state index in [1.54, 1.807) is 0 Å². The van der Waals surface area contributed by atoms with Crippen LogP contribution in [-0.4, -0.2) is 19.6 Å². The Balaban J connectivity index is 1.82. The van der Waals surface area contributed by atoms with Crippen molar-refractivity contribution in [3.63, 3.8) is 0 Å². The summed E-state index contributed by atoms with van der Waals surface area (Å²) in [7, 11) is 0. The van der Waals surface area contributed by atoms with E-state index < -0.39 is 0 Å². The van der Waals surface area contributed by atoms with Gasteiger partial charge in [-0.15, -0.1) is 11.3 Å². The third-order valence-corrected chi connectivity index (χ3v) is 5.71. The maximum atomic E-state index is 3.63. The quantitative estimate of drug-likeness (QED) is 0.870. The Morgan fingerprint density at radius 3 is 3.06 bits per heavy atom. The average Bonchev–Trinajstić information content (AvgIpc) is 2.76. The summed E-state index contributed by atoms with van der Waals surface area (Å²) in [5.74, 6) is 0. The molecule has 0 bridgehead atoms. The van der Waals surface area contributed by atoms with Gasteiger partial charge in [0.15, 0.2) is 0 Å². The molecule has 1 saturated heterocycles. The monoisotopic (exact) mass is 316 g/mol. The standard InChI is InChI=1S/C13H21BrN2S/c1-2-13(5-3-6-15-9-13)10-16-8-12-11(14)4-7-17-12/h4,7,15-16H,2-3,5-6,8-10H2,1H3. The molecule has 2 rings (SSSR count). The fraction of sp³-hybridized carbons (Fsp3) is 0.692. The van der Waals surface area contributed by atoms with Gasteiger partial charge in [-0.2, -0.15) is 0 Å². The van der Waals surface area contributed by atoms with Crippen LogP contribution in [0.5, 0.6) is 0 Å². The molecule has 2 heterocycles. The van der Waals surface area contributed by atoms with E-state index in [4.69, 9.17) is 0 Å². The van der Waals surface area contributed by atoms with Crippen LogP contribution in [0.15, 0.2) is 15.9 Å². The molecule has 0 radical (unpaired) electrons. The second-order valence-electron chi connectivity index (χ2n) is 4.93. The molecule has 0 spiro atoms. The Labute approximate surface area is 116 Å². The lowest BCUT2D eigenvalue weighted by molar-refractivity contribution is 0.192. The molecule has 4 heteroatoms. The first-order valence-electron chi connectivity index (χ1n) is 6.39. The highest BCUT2D eigenvalue weighted by atomic mass is 79.9. The molecule has 1 aromatic rings. The molecule has 1 fully saturated rings. The zero-order valence-corrected chi connectivity index (χ0v) is 12.8. The van der Waals surface area contributed by atoms with Gasteiger partial charge in [-0.3, -0.25) is 0 Å². The molecule has 1 aliphatic rings. The van der Waals surface area contributed by atoms with Crippen LogP contribution in [0.25, 0.3) is 0 Å². The molecule has 2 N–H and O–H groups in total. The van der Waals surface area contributed by atoms with Gasteiger partial charge in [0.1, 0.15) is 0 Å². The van der Waals surface area contributed by atoms with Gasteiger partial charge in [0, 0.05) is 29.0 Å². The van der Waals surface area contributed by atoms with Crippen LogP contribution in [0.3, 0.4) is 0 Å². The number of halogens is 1. The summed E-state index contributed by atoms with van der Waals surface area (Å²) >= 11 is 5.40. The Morgan fingerprint density at radius 1 is 1.59 bits per heavy atom. The summed E-state index contributed by atoms with van der Waals surface area (Å²) in [6.07, 6.45) is 3.94. The maximum Gasteiger partial charge on any atom is 0.0327 e.